The highest BCUT2D eigenvalue weighted by molar-refractivity contribution is 5.92. The van der Waals surface area contributed by atoms with Crippen LogP contribution >= 0.6 is 0 Å². The van der Waals surface area contributed by atoms with E-state index in [2.05, 4.69) is 41.3 Å². The largest absolute Gasteiger partial charge is 0.366 e. The van der Waals surface area contributed by atoms with Crippen LogP contribution < -0.4 is 10.6 Å². The first-order valence-corrected chi connectivity index (χ1v) is 5.66. The van der Waals surface area contributed by atoms with E-state index in [9.17, 15) is 4.79 Å². The molecule has 0 saturated heterocycles. The lowest BCUT2D eigenvalue weighted by Crippen LogP contribution is -2.24. The Balaban J connectivity index is 2.61. The van der Waals surface area contributed by atoms with E-state index in [1.54, 1.807) is 18.2 Å². The van der Waals surface area contributed by atoms with Crippen LogP contribution in [0.4, 0.5) is 5.82 Å². The second-order valence-electron chi connectivity index (χ2n) is 3.76. The minimum Gasteiger partial charge on any atom is -0.366 e. The third-order valence-electron chi connectivity index (χ3n) is 2.31. The molecule has 5 nitrogen and oxygen atoms in total. The minimum absolute atomic E-state index is 0.243. The highest BCUT2D eigenvalue weighted by Gasteiger charge is 2.07. The summed E-state index contributed by atoms with van der Waals surface area (Å²) < 4.78 is 0. The minimum atomic E-state index is -0.243. The van der Waals surface area contributed by atoms with Gasteiger partial charge in [-0.25, -0.2) is 0 Å². The Bertz CT molecular complexity index is 375. The van der Waals surface area contributed by atoms with Gasteiger partial charge in [0.15, 0.2) is 5.69 Å². The molecule has 0 saturated carbocycles. The third-order valence-corrected chi connectivity index (χ3v) is 2.31. The van der Waals surface area contributed by atoms with Crippen LogP contribution in [0.3, 0.4) is 0 Å². The van der Waals surface area contributed by atoms with Crippen molar-refractivity contribution in [2.75, 3.05) is 11.9 Å². The number of hydrogen-bond donors (Lipinski definition) is 2. The Kier molecular flexibility index (Phi) is 5.13. The molecule has 0 radical (unpaired) electrons. The predicted octanol–water partition coefficient (Wildman–Crippen LogP) is 1.60. The first kappa shape index (κ1) is 13.2. The molecule has 0 bridgehead atoms. The van der Waals surface area contributed by atoms with E-state index in [1.807, 2.05) is 0 Å². The molecule has 0 aromatic carbocycles. The molecule has 0 fully saturated rings. The van der Waals surface area contributed by atoms with Gasteiger partial charge in [-0.15, -0.1) is 16.8 Å². The van der Waals surface area contributed by atoms with Gasteiger partial charge >= 0.3 is 0 Å². The predicted molar refractivity (Wildman–Crippen MR) is 67.9 cm³/mol. The number of carbonyl (C=O) groups excluding carboxylic acids is 1. The van der Waals surface area contributed by atoms with Gasteiger partial charge < -0.3 is 10.6 Å². The van der Waals surface area contributed by atoms with Crippen LogP contribution in [0.2, 0.25) is 0 Å². The molecule has 0 aliphatic heterocycles. The van der Waals surface area contributed by atoms with Crippen molar-refractivity contribution in [3.8, 4) is 0 Å². The lowest BCUT2D eigenvalue weighted by Gasteiger charge is -2.11. The van der Waals surface area contributed by atoms with E-state index in [4.69, 9.17) is 0 Å². The molecule has 17 heavy (non-hydrogen) atoms. The average Bonchev–Trinajstić information content (AvgIpc) is 2.36. The van der Waals surface area contributed by atoms with Crippen LogP contribution in [0.15, 0.2) is 24.8 Å². The van der Waals surface area contributed by atoms with Crippen LogP contribution in [0, 0.1) is 0 Å². The summed E-state index contributed by atoms with van der Waals surface area (Å²) in [4.78, 5) is 11.5. The first-order chi connectivity index (χ1) is 8.17. The Hall–Kier alpha value is -1.91. The average molecular weight is 234 g/mol. The summed E-state index contributed by atoms with van der Waals surface area (Å²) in [6.07, 6.45) is 2.62. The highest BCUT2D eigenvalue weighted by Crippen LogP contribution is 2.05. The standard InChI is InChI=1S/C12H18N4O/c1-4-8-13-12(17)10-6-7-11(16-15-10)14-9(3)5-2/h4,6-7,9H,1,5,8H2,2-3H3,(H,13,17)(H,14,16). The monoisotopic (exact) mass is 234 g/mol. The zero-order chi connectivity index (χ0) is 12.7. The normalized spacial score (nSPS) is 11.6. The molecule has 1 amide bonds. The maximum Gasteiger partial charge on any atom is 0.272 e. The van der Waals surface area contributed by atoms with E-state index >= 15 is 0 Å². The van der Waals surface area contributed by atoms with Gasteiger partial charge in [-0.1, -0.05) is 13.0 Å². The maximum absolute atomic E-state index is 11.5. The number of rotatable bonds is 6. The summed E-state index contributed by atoms with van der Waals surface area (Å²) in [7, 11) is 0. The van der Waals surface area contributed by atoms with Crippen LogP contribution in [0.1, 0.15) is 30.8 Å². The van der Waals surface area contributed by atoms with Crippen molar-refractivity contribution < 1.29 is 4.79 Å². The first-order valence-electron chi connectivity index (χ1n) is 5.66. The molecule has 1 aromatic heterocycles. The highest BCUT2D eigenvalue weighted by atomic mass is 16.1. The smallest absolute Gasteiger partial charge is 0.272 e. The third kappa shape index (κ3) is 4.22. The van der Waals surface area contributed by atoms with E-state index in [1.165, 1.54) is 0 Å². The van der Waals surface area contributed by atoms with Crippen molar-refractivity contribution in [1.29, 1.82) is 0 Å². The Morgan fingerprint density at radius 1 is 1.53 bits per heavy atom. The molecule has 1 heterocycles. The summed E-state index contributed by atoms with van der Waals surface area (Å²) >= 11 is 0. The molecule has 2 N–H and O–H groups in total. The zero-order valence-corrected chi connectivity index (χ0v) is 10.2. The SMILES string of the molecule is C=CCNC(=O)c1ccc(NC(C)CC)nn1. The van der Waals surface area contributed by atoms with Gasteiger partial charge in [0, 0.05) is 12.6 Å². The van der Waals surface area contributed by atoms with Crippen molar-refractivity contribution in [1.82, 2.24) is 15.5 Å². The molecular formula is C12H18N4O. The van der Waals surface area contributed by atoms with Gasteiger partial charge in [-0.05, 0) is 25.5 Å². The van der Waals surface area contributed by atoms with Crippen molar-refractivity contribution in [3.05, 3.63) is 30.5 Å². The van der Waals surface area contributed by atoms with E-state index in [0.717, 1.165) is 6.42 Å². The maximum atomic E-state index is 11.5. The van der Waals surface area contributed by atoms with Crippen LogP contribution in [0.5, 0.6) is 0 Å². The van der Waals surface area contributed by atoms with Crippen molar-refractivity contribution in [3.63, 3.8) is 0 Å². The number of anilines is 1. The molecule has 5 heteroatoms. The number of carbonyl (C=O) groups is 1. The van der Waals surface area contributed by atoms with Crippen LogP contribution in [-0.4, -0.2) is 28.7 Å². The molecule has 1 aromatic rings. The van der Waals surface area contributed by atoms with Gasteiger partial charge in [0.05, 0.1) is 0 Å². The van der Waals surface area contributed by atoms with Crippen molar-refractivity contribution in [2.45, 2.75) is 26.3 Å². The molecule has 1 unspecified atom stereocenters. The van der Waals surface area contributed by atoms with Gasteiger partial charge in [-0.3, -0.25) is 4.79 Å². The molecule has 1 rings (SSSR count). The quantitative estimate of drug-likeness (QED) is 0.734. The van der Waals surface area contributed by atoms with Crippen LogP contribution in [-0.2, 0) is 0 Å². The number of nitrogens with one attached hydrogen (secondary N) is 2. The second-order valence-corrected chi connectivity index (χ2v) is 3.76. The summed E-state index contributed by atoms with van der Waals surface area (Å²) in [6.45, 7) is 8.09. The molecule has 1 atom stereocenters. The zero-order valence-electron chi connectivity index (χ0n) is 10.2. The van der Waals surface area contributed by atoms with E-state index < -0.39 is 0 Å². The van der Waals surface area contributed by atoms with Crippen molar-refractivity contribution in [2.24, 2.45) is 0 Å². The molecule has 92 valence electrons. The Labute approximate surface area is 101 Å². The topological polar surface area (TPSA) is 66.9 Å². The van der Waals surface area contributed by atoms with E-state index in [0.29, 0.717) is 24.1 Å². The number of nitrogens with zero attached hydrogens (tertiary/aromatic N) is 2. The fraction of sp³-hybridized carbons (Fsp3) is 0.417. The summed E-state index contributed by atoms with van der Waals surface area (Å²) in [5, 5.41) is 13.6. The second kappa shape index (κ2) is 6.62. The molecular weight excluding hydrogens is 216 g/mol. The van der Waals surface area contributed by atoms with Gasteiger partial charge in [-0.2, -0.15) is 0 Å². The number of aromatic nitrogens is 2. The Morgan fingerprint density at radius 3 is 2.82 bits per heavy atom. The van der Waals surface area contributed by atoms with Crippen molar-refractivity contribution >= 4 is 11.7 Å². The fourth-order valence-electron chi connectivity index (χ4n) is 1.14. The lowest BCUT2D eigenvalue weighted by atomic mass is 10.2. The summed E-state index contributed by atoms with van der Waals surface area (Å²) in [5.41, 5.74) is 0.307. The number of amides is 1. The van der Waals surface area contributed by atoms with Gasteiger partial charge in [0.2, 0.25) is 0 Å². The molecule has 0 aliphatic rings. The molecule has 0 aliphatic carbocycles. The van der Waals surface area contributed by atoms with Gasteiger partial charge in [0.1, 0.15) is 5.82 Å². The summed E-state index contributed by atoms with van der Waals surface area (Å²) in [5.74, 6) is 0.437. The fourth-order valence-corrected chi connectivity index (χ4v) is 1.14. The van der Waals surface area contributed by atoms with Gasteiger partial charge in [0.25, 0.3) is 5.91 Å². The number of hydrogen-bond acceptors (Lipinski definition) is 4. The molecule has 0 spiro atoms. The Morgan fingerprint density at radius 2 is 2.29 bits per heavy atom. The van der Waals surface area contributed by atoms with Crippen LogP contribution in [0.25, 0.3) is 0 Å². The van der Waals surface area contributed by atoms with E-state index in [-0.39, 0.29) is 5.91 Å². The lowest BCUT2D eigenvalue weighted by molar-refractivity contribution is 0.0952. The summed E-state index contributed by atoms with van der Waals surface area (Å²) in [6, 6.07) is 3.74.